The number of thioether (sulfide) groups is 1. The number of carbonyl (C=O) groups excluding carboxylic acids is 1. The number of nitrogens with one attached hydrogen (secondary N) is 1. The number of hydrogen-bond donors (Lipinski definition) is 2. The third kappa shape index (κ3) is 4.73. The highest BCUT2D eigenvalue weighted by Crippen LogP contribution is 2.40. The summed E-state index contributed by atoms with van der Waals surface area (Å²) in [6.07, 6.45) is -5.78. The van der Waals surface area contributed by atoms with E-state index >= 15 is 0 Å². The van der Waals surface area contributed by atoms with E-state index in [1.54, 1.807) is 12.1 Å². The minimum Gasteiger partial charge on any atom is -0.539 e. The molecule has 3 N–H and O–H groups in total. The SMILES string of the molecule is CC(Sc1nc(N)c(C#N)c(-c2c([O-])on[n+]2C)c1C#N)C(=O)Nc1c(F)c(F)c(C(F)(F)F)c(F)c1F. The van der Waals surface area contributed by atoms with Crippen LogP contribution in [-0.4, -0.2) is 21.4 Å². The minimum absolute atomic E-state index is 0.352. The maximum atomic E-state index is 14.2. The van der Waals surface area contributed by atoms with Gasteiger partial charge in [0.1, 0.15) is 39.8 Å². The Kier molecular flexibility index (Phi) is 7.41. The normalized spacial score (nSPS) is 12.1. The fourth-order valence-corrected chi connectivity index (χ4v) is 4.05. The Bertz CT molecular complexity index is 1510. The summed E-state index contributed by atoms with van der Waals surface area (Å²) in [6, 6.07) is 3.36. The lowest BCUT2D eigenvalue weighted by molar-refractivity contribution is -0.730. The molecule has 0 bridgehead atoms. The predicted molar refractivity (Wildman–Crippen MR) is 109 cm³/mol. The topological polar surface area (TPSA) is 169 Å². The number of nitrogens with two attached hydrogens (primary N) is 1. The number of aryl methyl sites for hydroxylation is 1. The molecule has 0 saturated heterocycles. The largest absolute Gasteiger partial charge is 0.539 e. The average molecular weight is 561 g/mol. The number of alkyl halides is 3. The number of anilines is 2. The van der Waals surface area contributed by atoms with Crippen LogP contribution in [0.3, 0.4) is 0 Å². The fourth-order valence-electron chi connectivity index (χ4n) is 3.13. The summed E-state index contributed by atoms with van der Waals surface area (Å²) in [5.74, 6) is -13.5. The number of rotatable bonds is 5. The molecule has 1 atom stereocenters. The van der Waals surface area contributed by atoms with E-state index in [0.717, 1.165) is 11.6 Å². The minimum atomic E-state index is -5.78. The monoisotopic (exact) mass is 561 g/mol. The predicted octanol–water partition coefficient (Wildman–Crippen LogP) is 2.65. The van der Waals surface area contributed by atoms with Gasteiger partial charge in [0.2, 0.25) is 5.91 Å². The van der Waals surface area contributed by atoms with Crippen molar-refractivity contribution < 1.29 is 49.8 Å². The number of hydrogen-bond acceptors (Lipinski definition) is 9. The third-order valence-corrected chi connectivity index (χ3v) is 5.95. The summed E-state index contributed by atoms with van der Waals surface area (Å²) in [5.41, 5.74) is -0.495. The van der Waals surface area contributed by atoms with Crippen molar-refractivity contribution in [2.24, 2.45) is 7.05 Å². The first-order valence-corrected chi connectivity index (χ1v) is 10.6. The molecule has 0 saturated carbocycles. The van der Waals surface area contributed by atoms with E-state index in [0.29, 0.717) is 11.8 Å². The molecule has 2 heterocycles. The van der Waals surface area contributed by atoms with Gasteiger partial charge in [-0.05, 0) is 6.92 Å². The lowest BCUT2D eigenvalue weighted by Crippen LogP contribution is -2.32. The van der Waals surface area contributed by atoms with Crippen LogP contribution in [0.5, 0.6) is 5.95 Å². The molecule has 3 rings (SSSR count). The molecular weight excluding hydrogens is 551 g/mol. The second-order valence-corrected chi connectivity index (χ2v) is 8.57. The molecule has 0 spiro atoms. The standard InChI is InChI=1S/C20H10F7N7O3S/c1-5(17(35)31-14-12(23)10(21)9(20(25,26)27)11(22)13(14)24)38-18-7(4-29)8(6(3-28)16(30)32-18)15-19(36)37-33-34(15)2/h5H,1-2H3,(H3-,30,31,32,33,35,36). The highest BCUT2D eigenvalue weighted by Gasteiger charge is 2.42. The van der Waals surface area contributed by atoms with E-state index in [2.05, 4.69) is 14.8 Å². The Labute approximate surface area is 211 Å². The van der Waals surface area contributed by atoms with E-state index in [-0.39, 0.29) is 16.3 Å². The van der Waals surface area contributed by atoms with E-state index in [9.17, 15) is 51.2 Å². The maximum Gasteiger partial charge on any atom is 0.422 e. The molecule has 1 unspecified atom stereocenters. The number of aromatic nitrogens is 3. The molecule has 0 aliphatic heterocycles. The number of nitrogens with zero attached hydrogens (tertiary/aromatic N) is 5. The maximum absolute atomic E-state index is 14.2. The molecule has 38 heavy (non-hydrogen) atoms. The van der Waals surface area contributed by atoms with Crippen LogP contribution in [0.15, 0.2) is 9.55 Å². The lowest BCUT2D eigenvalue weighted by Gasteiger charge is -2.17. The van der Waals surface area contributed by atoms with Crippen LogP contribution in [0.25, 0.3) is 11.3 Å². The number of nitriles is 2. The Morgan fingerprint density at radius 3 is 2.13 bits per heavy atom. The van der Waals surface area contributed by atoms with Crippen molar-refractivity contribution in [3.63, 3.8) is 0 Å². The van der Waals surface area contributed by atoms with Crippen LogP contribution in [0.2, 0.25) is 0 Å². The quantitative estimate of drug-likeness (QED) is 0.206. The molecule has 0 fully saturated rings. The first-order chi connectivity index (χ1) is 17.6. The number of nitrogen functional groups attached to an aromatic ring is 1. The van der Waals surface area contributed by atoms with E-state index in [1.165, 1.54) is 12.4 Å². The zero-order valence-corrected chi connectivity index (χ0v) is 19.5. The van der Waals surface area contributed by atoms with Gasteiger partial charge in [-0.3, -0.25) is 4.79 Å². The van der Waals surface area contributed by atoms with Gasteiger partial charge in [-0.15, -0.1) is 0 Å². The molecule has 1 aromatic carbocycles. The summed E-state index contributed by atoms with van der Waals surface area (Å²) in [7, 11) is 1.24. The zero-order valence-electron chi connectivity index (χ0n) is 18.7. The molecule has 10 nitrogen and oxygen atoms in total. The summed E-state index contributed by atoms with van der Waals surface area (Å²) in [5, 5.41) is 34.3. The summed E-state index contributed by atoms with van der Waals surface area (Å²) >= 11 is 0.396. The van der Waals surface area contributed by atoms with Crippen LogP contribution in [0.1, 0.15) is 23.6 Å². The van der Waals surface area contributed by atoms with Crippen molar-refractivity contribution in [1.29, 1.82) is 10.5 Å². The smallest absolute Gasteiger partial charge is 0.422 e. The van der Waals surface area contributed by atoms with Gasteiger partial charge in [-0.2, -0.15) is 23.7 Å². The number of carbonyl (C=O) groups is 1. The van der Waals surface area contributed by atoms with Gasteiger partial charge in [0.25, 0.3) is 5.69 Å². The Morgan fingerprint density at radius 2 is 1.68 bits per heavy atom. The van der Waals surface area contributed by atoms with Gasteiger partial charge >= 0.3 is 6.18 Å². The Balaban J connectivity index is 2.04. The number of benzene rings is 1. The van der Waals surface area contributed by atoms with Crippen LogP contribution >= 0.6 is 11.8 Å². The molecule has 18 heteroatoms. The Morgan fingerprint density at radius 1 is 1.13 bits per heavy atom. The van der Waals surface area contributed by atoms with Crippen LogP contribution in [-0.2, 0) is 18.0 Å². The van der Waals surface area contributed by atoms with Crippen molar-refractivity contribution in [1.82, 2.24) is 10.3 Å². The van der Waals surface area contributed by atoms with Crippen molar-refractivity contribution in [2.75, 3.05) is 11.1 Å². The van der Waals surface area contributed by atoms with Gasteiger partial charge in [-0.1, -0.05) is 16.4 Å². The molecule has 0 aliphatic rings. The van der Waals surface area contributed by atoms with Gasteiger partial charge in [0.15, 0.2) is 36.3 Å². The van der Waals surface area contributed by atoms with Gasteiger partial charge in [0, 0.05) is 0 Å². The number of halogens is 7. The van der Waals surface area contributed by atoms with Crippen molar-refractivity contribution in [3.8, 4) is 29.3 Å². The van der Waals surface area contributed by atoms with Crippen molar-refractivity contribution >= 4 is 29.2 Å². The molecule has 3 aromatic rings. The van der Waals surface area contributed by atoms with E-state index in [1.807, 2.05) is 0 Å². The van der Waals surface area contributed by atoms with E-state index < -0.39 is 74.7 Å². The molecule has 1 amide bonds. The molecule has 198 valence electrons. The third-order valence-electron chi connectivity index (χ3n) is 4.87. The number of pyridine rings is 1. The molecule has 0 radical (unpaired) electrons. The van der Waals surface area contributed by atoms with Crippen LogP contribution < -0.4 is 20.8 Å². The Hall–Kier alpha value is -4.58. The van der Waals surface area contributed by atoms with Crippen LogP contribution in [0, 0.1) is 45.9 Å². The van der Waals surface area contributed by atoms with Gasteiger partial charge in [0.05, 0.1) is 21.6 Å². The van der Waals surface area contributed by atoms with Gasteiger partial charge < -0.3 is 20.7 Å². The second kappa shape index (κ2) is 10.1. The summed E-state index contributed by atoms with van der Waals surface area (Å²) in [6.45, 7) is 1.07. The van der Waals surface area contributed by atoms with E-state index in [4.69, 9.17) is 5.73 Å². The molecular formula is C20H10F7N7O3S. The highest BCUT2D eigenvalue weighted by atomic mass is 32.2. The van der Waals surface area contributed by atoms with Crippen molar-refractivity contribution in [3.05, 3.63) is 40.0 Å². The average Bonchev–Trinajstić information content (AvgIpc) is 3.16. The summed E-state index contributed by atoms with van der Waals surface area (Å²) in [4.78, 5) is 16.4. The second-order valence-electron chi connectivity index (χ2n) is 7.24. The summed E-state index contributed by atoms with van der Waals surface area (Å²) < 4.78 is 99.8. The first kappa shape index (κ1) is 28.0. The molecule has 2 aromatic heterocycles. The van der Waals surface area contributed by atoms with Crippen LogP contribution in [0.4, 0.5) is 42.2 Å². The number of amides is 1. The fraction of sp³-hybridized carbons (Fsp3) is 0.200. The zero-order chi connectivity index (χ0) is 28.7. The lowest BCUT2D eigenvalue weighted by atomic mass is 10.0. The van der Waals surface area contributed by atoms with Gasteiger partial charge in [-0.25, -0.2) is 22.5 Å². The van der Waals surface area contributed by atoms with Crippen molar-refractivity contribution in [2.45, 2.75) is 23.4 Å². The first-order valence-electron chi connectivity index (χ1n) is 9.73. The highest BCUT2D eigenvalue weighted by molar-refractivity contribution is 8.00. The molecule has 0 aliphatic carbocycles.